The quantitative estimate of drug-likeness (QED) is 0.909. The van der Waals surface area contributed by atoms with Crippen molar-refractivity contribution < 1.29 is 0 Å². The molecule has 0 aliphatic carbocycles. The van der Waals surface area contributed by atoms with Crippen LogP contribution in [0.15, 0.2) is 4.47 Å². The first kappa shape index (κ1) is 12.1. The minimum Gasteiger partial charge on any atom is -0.316 e. The molecule has 1 aliphatic heterocycles. The Morgan fingerprint density at radius 1 is 1.56 bits per heavy atom. The lowest BCUT2D eigenvalue weighted by Crippen LogP contribution is -2.29. The number of nitrogens with zero attached hydrogens (tertiary/aromatic N) is 3. The van der Waals surface area contributed by atoms with Crippen molar-refractivity contribution in [2.45, 2.75) is 25.9 Å². The fourth-order valence-corrected chi connectivity index (χ4v) is 2.74. The maximum absolute atomic E-state index is 4.42. The van der Waals surface area contributed by atoms with Gasteiger partial charge < -0.3 is 5.32 Å². The van der Waals surface area contributed by atoms with Gasteiger partial charge in [0.25, 0.3) is 0 Å². The van der Waals surface area contributed by atoms with E-state index in [1.54, 1.807) is 0 Å². The Kier molecular flexibility index (Phi) is 3.66. The molecule has 1 saturated heterocycles. The van der Waals surface area contributed by atoms with Crippen molar-refractivity contribution in [3.05, 3.63) is 15.9 Å². The Morgan fingerprint density at radius 3 is 2.81 bits per heavy atom. The molecule has 1 atom stereocenters. The van der Waals surface area contributed by atoms with Crippen molar-refractivity contribution >= 4 is 15.9 Å². The highest BCUT2D eigenvalue weighted by Crippen LogP contribution is 2.23. The van der Waals surface area contributed by atoms with Crippen LogP contribution in [0.2, 0.25) is 0 Å². The van der Waals surface area contributed by atoms with Crippen LogP contribution in [0.1, 0.15) is 17.8 Å². The minimum atomic E-state index is 0.646. The van der Waals surface area contributed by atoms with Crippen LogP contribution in [0.3, 0.4) is 0 Å². The highest BCUT2D eigenvalue weighted by Gasteiger charge is 2.23. The van der Waals surface area contributed by atoms with Gasteiger partial charge in [-0.3, -0.25) is 9.58 Å². The third-order valence-corrected chi connectivity index (χ3v) is 4.35. The zero-order valence-electron chi connectivity index (χ0n) is 10.1. The van der Waals surface area contributed by atoms with Gasteiger partial charge in [-0.1, -0.05) is 0 Å². The second-order valence-corrected chi connectivity index (χ2v) is 5.27. The van der Waals surface area contributed by atoms with Crippen LogP contribution in [0.5, 0.6) is 0 Å². The second-order valence-electron chi connectivity index (χ2n) is 4.48. The van der Waals surface area contributed by atoms with Gasteiger partial charge in [0.2, 0.25) is 0 Å². The molecule has 1 unspecified atom stereocenters. The Bertz CT molecular complexity index is 374. The van der Waals surface area contributed by atoms with E-state index in [1.807, 2.05) is 25.7 Å². The minimum absolute atomic E-state index is 0.646. The lowest BCUT2D eigenvalue weighted by Gasteiger charge is -2.16. The lowest BCUT2D eigenvalue weighted by atomic mass is 10.3. The van der Waals surface area contributed by atoms with Gasteiger partial charge in [-0.2, -0.15) is 5.10 Å². The van der Waals surface area contributed by atoms with Gasteiger partial charge in [0.05, 0.1) is 15.9 Å². The topological polar surface area (TPSA) is 33.1 Å². The molecule has 0 bridgehead atoms. The fourth-order valence-electron chi connectivity index (χ4n) is 2.28. The van der Waals surface area contributed by atoms with Crippen LogP contribution < -0.4 is 5.32 Å². The zero-order chi connectivity index (χ0) is 11.7. The van der Waals surface area contributed by atoms with Gasteiger partial charge in [-0.15, -0.1) is 0 Å². The van der Waals surface area contributed by atoms with Gasteiger partial charge in [0.15, 0.2) is 0 Å². The largest absolute Gasteiger partial charge is 0.316 e. The van der Waals surface area contributed by atoms with Gasteiger partial charge in [0.1, 0.15) is 0 Å². The van der Waals surface area contributed by atoms with Crippen molar-refractivity contribution in [1.82, 2.24) is 20.0 Å². The Hall–Kier alpha value is -0.390. The molecule has 2 heterocycles. The average Bonchev–Trinajstić information content (AvgIpc) is 2.80. The number of rotatable bonds is 3. The number of halogens is 1. The van der Waals surface area contributed by atoms with E-state index in [-0.39, 0.29) is 0 Å². The smallest absolute Gasteiger partial charge is 0.0739 e. The van der Waals surface area contributed by atoms with Crippen LogP contribution in [-0.2, 0) is 13.6 Å². The third kappa shape index (κ3) is 2.31. The van der Waals surface area contributed by atoms with Crippen LogP contribution in [-0.4, -0.2) is 40.9 Å². The van der Waals surface area contributed by atoms with E-state index in [2.05, 4.69) is 31.2 Å². The predicted molar refractivity (Wildman–Crippen MR) is 68.4 cm³/mol. The number of aryl methyl sites for hydroxylation is 2. The number of likely N-dealkylation sites (N-methyl/N-ethyl adjacent to an activating group) is 1. The molecule has 5 heteroatoms. The van der Waals surface area contributed by atoms with E-state index >= 15 is 0 Å². The van der Waals surface area contributed by atoms with E-state index < -0.39 is 0 Å². The Balaban J connectivity index is 2.04. The molecule has 0 amide bonds. The normalized spacial score (nSPS) is 21.9. The van der Waals surface area contributed by atoms with Gasteiger partial charge in [0, 0.05) is 32.7 Å². The monoisotopic (exact) mass is 286 g/mol. The summed E-state index contributed by atoms with van der Waals surface area (Å²) >= 11 is 3.61. The molecule has 0 aromatic carbocycles. The zero-order valence-corrected chi connectivity index (χ0v) is 11.7. The van der Waals surface area contributed by atoms with Crippen LogP contribution in [0, 0.1) is 6.92 Å². The summed E-state index contributed by atoms with van der Waals surface area (Å²) in [5.41, 5.74) is 2.34. The molecule has 1 N–H and O–H groups in total. The number of hydrogen-bond acceptors (Lipinski definition) is 3. The summed E-state index contributed by atoms with van der Waals surface area (Å²) in [5.74, 6) is 0. The number of nitrogens with one attached hydrogen (secondary N) is 1. The summed E-state index contributed by atoms with van der Waals surface area (Å²) in [4.78, 5) is 2.47. The highest BCUT2D eigenvalue weighted by molar-refractivity contribution is 9.10. The van der Waals surface area contributed by atoms with E-state index in [0.29, 0.717) is 6.04 Å². The summed E-state index contributed by atoms with van der Waals surface area (Å²) in [6.45, 7) is 5.32. The van der Waals surface area contributed by atoms with Crippen molar-refractivity contribution in [2.75, 3.05) is 20.1 Å². The molecule has 0 saturated carbocycles. The molecule has 4 nitrogen and oxygen atoms in total. The molecule has 1 aliphatic rings. The Labute approximate surface area is 105 Å². The molecule has 16 heavy (non-hydrogen) atoms. The van der Waals surface area contributed by atoms with Crippen LogP contribution >= 0.6 is 15.9 Å². The van der Waals surface area contributed by atoms with E-state index in [9.17, 15) is 0 Å². The van der Waals surface area contributed by atoms with Crippen molar-refractivity contribution in [3.63, 3.8) is 0 Å². The molecular formula is C11H19BrN4. The van der Waals surface area contributed by atoms with Gasteiger partial charge in [-0.25, -0.2) is 0 Å². The number of aromatic nitrogens is 2. The maximum Gasteiger partial charge on any atom is 0.0739 e. The fraction of sp³-hybridized carbons (Fsp3) is 0.727. The predicted octanol–water partition coefficient (Wildman–Crippen LogP) is 1.28. The van der Waals surface area contributed by atoms with Gasteiger partial charge >= 0.3 is 0 Å². The van der Waals surface area contributed by atoms with Crippen molar-refractivity contribution in [1.29, 1.82) is 0 Å². The van der Waals surface area contributed by atoms with Crippen molar-refractivity contribution in [2.24, 2.45) is 7.05 Å². The second kappa shape index (κ2) is 4.85. The first-order chi connectivity index (χ1) is 7.61. The summed E-state index contributed by atoms with van der Waals surface area (Å²) in [6, 6.07) is 0.646. The molecule has 1 fully saturated rings. The van der Waals surface area contributed by atoms with E-state index in [4.69, 9.17) is 0 Å². The summed E-state index contributed by atoms with van der Waals surface area (Å²) < 4.78 is 3.13. The molecule has 0 radical (unpaired) electrons. The molecule has 0 spiro atoms. The standard InChI is InChI=1S/C11H19BrN4/c1-8-11(12)10(15(3)14-8)7-16-5-4-9(6-16)13-2/h9,13H,4-7H2,1-3H3. The van der Waals surface area contributed by atoms with Crippen LogP contribution in [0.4, 0.5) is 0 Å². The summed E-state index contributed by atoms with van der Waals surface area (Å²) in [7, 11) is 4.05. The summed E-state index contributed by atoms with van der Waals surface area (Å²) in [5, 5.41) is 7.76. The Morgan fingerprint density at radius 2 is 2.31 bits per heavy atom. The highest BCUT2D eigenvalue weighted by atomic mass is 79.9. The van der Waals surface area contributed by atoms with E-state index in [1.165, 1.54) is 18.7 Å². The number of likely N-dealkylation sites (tertiary alicyclic amines) is 1. The van der Waals surface area contributed by atoms with Gasteiger partial charge in [-0.05, 0) is 36.3 Å². The molecule has 2 rings (SSSR count). The molecule has 1 aromatic heterocycles. The molecular weight excluding hydrogens is 268 g/mol. The first-order valence-corrected chi connectivity index (χ1v) is 6.48. The molecule has 90 valence electrons. The van der Waals surface area contributed by atoms with E-state index in [0.717, 1.165) is 23.3 Å². The number of hydrogen-bond donors (Lipinski definition) is 1. The summed E-state index contributed by atoms with van der Waals surface area (Å²) in [6.07, 6.45) is 1.24. The lowest BCUT2D eigenvalue weighted by molar-refractivity contribution is 0.312. The first-order valence-electron chi connectivity index (χ1n) is 5.69. The average molecular weight is 287 g/mol. The van der Waals surface area contributed by atoms with Crippen LogP contribution in [0.25, 0.3) is 0 Å². The van der Waals surface area contributed by atoms with Crippen molar-refractivity contribution in [3.8, 4) is 0 Å². The third-order valence-electron chi connectivity index (χ3n) is 3.32. The maximum atomic E-state index is 4.42. The molecule has 1 aromatic rings. The SMILES string of the molecule is CNC1CCN(Cc2c(Br)c(C)nn2C)C1.